The molecule has 25 heavy (non-hydrogen) atoms. The number of hydrogen-bond acceptors (Lipinski definition) is 5. The van der Waals surface area contributed by atoms with Gasteiger partial charge in [0.15, 0.2) is 6.61 Å². The number of benzene rings is 1. The molecule has 0 unspecified atom stereocenters. The number of rotatable bonds is 5. The number of carbonyl (C=O) groups is 2. The zero-order chi connectivity index (χ0) is 18.6. The normalized spacial score (nSPS) is 16.4. The number of carbonyl (C=O) groups excluding carboxylic acids is 2. The second-order valence-corrected chi connectivity index (χ2v) is 7.67. The number of ether oxygens (including phenoxy) is 1. The molecule has 1 N–H and O–H groups in total. The lowest BCUT2D eigenvalue weighted by Gasteiger charge is -2.28. The molecule has 1 saturated heterocycles. The molecule has 1 amide bonds. The fraction of sp³-hybridized carbons (Fsp3) is 0.467. The molecule has 0 spiro atoms. The number of sulfonamides is 1. The molecule has 1 aromatic rings. The Balaban J connectivity index is 1.81. The molecule has 1 fully saturated rings. The molecule has 0 atom stereocenters. The number of anilines is 1. The van der Waals surface area contributed by atoms with Crippen molar-refractivity contribution in [2.45, 2.75) is 12.8 Å². The molecule has 2 rings (SSSR count). The molecule has 0 aromatic heterocycles. The third kappa shape index (κ3) is 5.20. The highest BCUT2D eigenvalue weighted by Gasteiger charge is 2.30. The summed E-state index contributed by atoms with van der Waals surface area (Å²) >= 11 is 0. The highest BCUT2D eigenvalue weighted by Crippen LogP contribution is 2.21. The van der Waals surface area contributed by atoms with Crippen molar-refractivity contribution in [2.75, 3.05) is 31.3 Å². The summed E-state index contributed by atoms with van der Waals surface area (Å²) in [7, 11) is -3.30. The number of hydrogen-bond donors (Lipinski definition) is 1. The van der Waals surface area contributed by atoms with Gasteiger partial charge in [-0.25, -0.2) is 21.5 Å². The van der Waals surface area contributed by atoms with E-state index in [2.05, 4.69) is 0 Å². The first-order chi connectivity index (χ1) is 11.7. The number of nitrogens with zero attached hydrogens (tertiary/aromatic N) is 1. The number of esters is 1. The fourth-order valence-electron chi connectivity index (χ4n) is 2.47. The highest BCUT2D eigenvalue weighted by atomic mass is 32.2. The van der Waals surface area contributed by atoms with Crippen LogP contribution in [-0.4, -0.2) is 50.6 Å². The maximum absolute atomic E-state index is 13.4. The maximum atomic E-state index is 13.4. The summed E-state index contributed by atoms with van der Waals surface area (Å²) < 4.78 is 55.8. The second kappa shape index (κ2) is 7.87. The molecule has 0 radical (unpaired) electrons. The standard InChI is InChI=1S/C15H18F2N2O5S/c1-25(22,23)19-7-5-10(6-8-19)15(21)24-9-13(20)18-14-11(16)3-2-4-12(14)17/h2-4,10H,5-9H2,1H3,(H,18,20). The number of halogens is 2. The average molecular weight is 376 g/mol. The van der Waals surface area contributed by atoms with E-state index >= 15 is 0 Å². The third-order valence-corrected chi connectivity index (χ3v) is 5.13. The van der Waals surface area contributed by atoms with Gasteiger partial charge >= 0.3 is 5.97 Å². The van der Waals surface area contributed by atoms with Gasteiger partial charge in [0.1, 0.15) is 17.3 Å². The molecule has 0 saturated carbocycles. The van der Waals surface area contributed by atoms with E-state index in [0.717, 1.165) is 24.5 Å². The molecule has 0 aliphatic carbocycles. The van der Waals surface area contributed by atoms with Crippen LogP contribution in [0.3, 0.4) is 0 Å². The molecule has 1 heterocycles. The number of para-hydroxylation sites is 1. The molecule has 1 aliphatic rings. The van der Waals surface area contributed by atoms with E-state index in [4.69, 9.17) is 4.74 Å². The van der Waals surface area contributed by atoms with Crippen molar-refractivity contribution in [3.8, 4) is 0 Å². The van der Waals surface area contributed by atoms with Gasteiger partial charge in [-0.2, -0.15) is 0 Å². The van der Waals surface area contributed by atoms with E-state index in [1.54, 1.807) is 0 Å². The minimum atomic E-state index is -3.30. The largest absolute Gasteiger partial charge is 0.455 e. The van der Waals surface area contributed by atoms with Crippen molar-refractivity contribution in [3.63, 3.8) is 0 Å². The molecule has 138 valence electrons. The van der Waals surface area contributed by atoms with Crippen molar-refractivity contribution in [3.05, 3.63) is 29.8 Å². The first-order valence-electron chi connectivity index (χ1n) is 7.54. The van der Waals surface area contributed by atoms with Crippen molar-refractivity contribution in [2.24, 2.45) is 5.92 Å². The Hall–Kier alpha value is -2.07. The monoisotopic (exact) mass is 376 g/mol. The lowest BCUT2D eigenvalue weighted by Crippen LogP contribution is -2.40. The van der Waals surface area contributed by atoms with Crippen LogP contribution in [0.5, 0.6) is 0 Å². The minimum Gasteiger partial charge on any atom is -0.455 e. The molecule has 1 aliphatic heterocycles. The van der Waals surface area contributed by atoms with E-state index in [1.807, 2.05) is 5.32 Å². The molecular formula is C15H18F2N2O5S. The summed E-state index contributed by atoms with van der Waals surface area (Å²) in [5.41, 5.74) is -0.606. The van der Waals surface area contributed by atoms with Gasteiger partial charge < -0.3 is 10.1 Å². The van der Waals surface area contributed by atoms with Crippen molar-refractivity contribution < 1.29 is 31.5 Å². The summed E-state index contributed by atoms with van der Waals surface area (Å²) in [5.74, 6) is -3.90. The van der Waals surface area contributed by atoms with E-state index in [1.165, 1.54) is 4.31 Å². The molecule has 0 bridgehead atoms. The van der Waals surface area contributed by atoms with Gasteiger partial charge in [-0.05, 0) is 25.0 Å². The van der Waals surface area contributed by atoms with Gasteiger partial charge in [-0.1, -0.05) is 6.07 Å². The third-order valence-electron chi connectivity index (χ3n) is 3.83. The topological polar surface area (TPSA) is 92.8 Å². The number of nitrogens with one attached hydrogen (secondary N) is 1. The summed E-state index contributed by atoms with van der Waals surface area (Å²) in [6, 6.07) is 3.13. The minimum absolute atomic E-state index is 0.200. The zero-order valence-corrected chi connectivity index (χ0v) is 14.3. The van der Waals surface area contributed by atoms with Crippen LogP contribution in [0.4, 0.5) is 14.5 Å². The van der Waals surface area contributed by atoms with Crippen LogP contribution >= 0.6 is 0 Å². The molecule has 10 heteroatoms. The van der Waals surface area contributed by atoms with E-state index < -0.39 is 51.7 Å². The van der Waals surface area contributed by atoms with Crippen LogP contribution in [0.15, 0.2) is 18.2 Å². The predicted molar refractivity (Wildman–Crippen MR) is 85.1 cm³/mol. The lowest BCUT2D eigenvalue weighted by atomic mass is 9.98. The van der Waals surface area contributed by atoms with Gasteiger partial charge in [0.2, 0.25) is 10.0 Å². The van der Waals surface area contributed by atoms with Crippen LogP contribution in [0.2, 0.25) is 0 Å². The Morgan fingerprint density at radius 2 is 1.80 bits per heavy atom. The van der Waals surface area contributed by atoms with Crippen LogP contribution < -0.4 is 5.32 Å². The summed E-state index contributed by atoms with van der Waals surface area (Å²) in [6.07, 6.45) is 1.67. The quantitative estimate of drug-likeness (QED) is 0.778. The van der Waals surface area contributed by atoms with E-state index in [-0.39, 0.29) is 25.9 Å². The fourth-order valence-corrected chi connectivity index (χ4v) is 3.34. The Morgan fingerprint density at radius 3 is 2.32 bits per heavy atom. The summed E-state index contributed by atoms with van der Waals surface area (Å²) in [6.45, 7) is -0.282. The first-order valence-corrected chi connectivity index (χ1v) is 9.39. The Bertz CT molecular complexity index is 741. The molecular weight excluding hydrogens is 358 g/mol. The summed E-state index contributed by atoms with van der Waals surface area (Å²) in [5, 5.41) is 2.01. The van der Waals surface area contributed by atoms with Crippen molar-refractivity contribution >= 4 is 27.6 Å². The Labute approximate surface area is 144 Å². The van der Waals surface area contributed by atoms with E-state index in [9.17, 15) is 26.8 Å². The molecule has 1 aromatic carbocycles. The van der Waals surface area contributed by atoms with Crippen molar-refractivity contribution in [1.82, 2.24) is 4.31 Å². The number of amides is 1. The van der Waals surface area contributed by atoms with Gasteiger partial charge in [0.25, 0.3) is 5.91 Å². The van der Waals surface area contributed by atoms with Crippen LogP contribution in [0.1, 0.15) is 12.8 Å². The summed E-state index contributed by atoms with van der Waals surface area (Å²) in [4.78, 5) is 23.6. The van der Waals surface area contributed by atoms with Gasteiger partial charge in [-0.3, -0.25) is 9.59 Å². The van der Waals surface area contributed by atoms with Gasteiger partial charge in [-0.15, -0.1) is 0 Å². The van der Waals surface area contributed by atoms with Crippen LogP contribution in [0, 0.1) is 17.6 Å². The van der Waals surface area contributed by atoms with Gasteiger partial charge in [0.05, 0.1) is 12.2 Å². The number of piperidine rings is 1. The van der Waals surface area contributed by atoms with Crippen molar-refractivity contribution in [1.29, 1.82) is 0 Å². The second-order valence-electron chi connectivity index (χ2n) is 5.69. The molecule has 7 nitrogen and oxygen atoms in total. The lowest BCUT2D eigenvalue weighted by molar-refractivity contribution is -0.152. The average Bonchev–Trinajstić information content (AvgIpc) is 2.55. The predicted octanol–water partition coefficient (Wildman–Crippen LogP) is 1.12. The van der Waals surface area contributed by atoms with Gasteiger partial charge in [0, 0.05) is 13.1 Å². The Kier molecular flexibility index (Phi) is 6.07. The van der Waals surface area contributed by atoms with Crippen LogP contribution in [-0.2, 0) is 24.3 Å². The first kappa shape index (κ1) is 19.3. The van der Waals surface area contributed by atoms with E-state index in [0.29, 0.717) is 0 Å². The zero-order valence-electron chi connectivity index (χ0n) is 13.5. The highest BCUT2D eigenvalue weighted by molar-refractivity contribution is 7.88. The van der Waals surface area contributed by atoms with Crippen LogP contribution in [0.25, 0.3) is 0 Å². The maximum Gasteiger partial charge on any atom is 0.309 e. The Morgan fingerprint density at radius 1 is 1.24 bits per heavy atom. The SMILES string of the molecule is CS(=O)(=O)N1CCC(C(=O)OCC(=O)Nc2c(F)cccc2F)CC1. The smallest absolute Gasteiger partial charge is 0.309 e.